The minimum Gasteiger partial charge on any atom is -0.481 e. The maximum atomic E-state index is 12.7. The maximum absolute atomic E-state index is 12.7. The summed E-state index contributed by atoms with van der Waals surface area (Å²) in [6.45, 7) is -0.368. The van der Waals surface area contributed by atoms with Crippen LogP contribution in [0.15, 0.2) is 42.5 Å². The van der Waals surface area contributed by atoms with Crippen molar-refractivity contribution < 1.29 is 24.3 Å². The van der Waals surface area contributed by atoms with Crippen molar-refractivity contribution >= 4 is 23.7 Å². The minimum absolute atomic E-state index is 0.0913. The van der Waals surface area contributed by atoms with Gasteiger partial charge in [-0.15, -0.1) is 0 Å². The minimum atomic E-state index is -1.05. The lowest BCUT2D eigenvalue weighted by Gasteiger charge is -2.21. The summed E-state index contributed by atoms with van der Waals surface area (Å²) in [7, 11) is 0. The molecule has 0 spiro atoms. The lowest BCUT2D eigenvalue weighted by Crippen LogP contribution is -2.43. The summed E-state index contributed by atoms with van der Waals surface area (Å²) in [5.41, 5.74) is 0.659. The van der Waals surface area contributed by atoms with Crippen molar-refractivity contribution in [2.24, 2.45) is 23.7 Å². The molecule has 2 aliphatic carbocycles. The summed E-state index contributed by atoms with van der Waals surface area (Å²) in [5, 5.41) is 11.8. The topological polar surface area (TPSA) is 104 Å². The third-order valence-corrected chi connectivity index (χ3v) is 5.78. The van der Waals surface area contributed by atoms with Crippen LogP contribution in [0.2, 0.25) is 0 Å². The lowest BCUT2D eigenvalue weighted by atomic mass is 9.85. The van der Waals surface area contributed by atoms with Crippen LogP contribution in [0.25, 0.3) is 0 Å². The van der Waals surface area contributed by atoms with E-state index in [4.69, 9.17) is 5.11 Å². The van der Waals surface area contributed by atoms with Crippen LogP contribution < -0.4 is 5.32 Å². The van der Waals surface area contributed by atoms with Crippen molar-refractivity contribution in [2.45, 2.75) is 18.9 Å². The van der Waals surface area contributed by atoms with Crippen LogP contribution in [0.5, 0.6) is 0 Å². The molecule has 7 heteroatoms. The predicted molar refractivity (Wildman–Crippen MR) is 94.0 cm³/mol. The summed E-state index contributed by atoms with van der Waals surface area (Å²) in [4.78, 5) is 50.0. The zero-order valence-corrected chi connectivity index (χ0v) is 14.6. The molecule has 1 aromatic carbocycles. The fraction of sp³-hybridized carbons (Fsp3) is 0.400. The Morgan fingerprint density at radius 1 is 1.07 bits per heavy atom. The highest BCUT2D eigenvalue weighted by Crippen LogP contribution is 2.52. The second kappa shape index (κ2) is 6.64. The average molecular weight is 368 g/mol. The van der Waals surface area contributed by atoms with Gasteiger partial charge in [-0.3, -0.25) is 24.1 Å². The van der Waals surface area contributed by atoms with Gasteiger partial charge in [0.05, 0.1) is 24.3 Å². The number of aliphatic carboxylic acids is 1. The van der Waals surface area contributed by atoms with Crippen molar-refractivity contribution in [1.29, 1.82) is 0 Å². The molecule has 27 heavy (non-hydrogen) atoms. The molecule has 3 amide bonds. The first-order valence-electron chi connectivity index (χ1n) is 9.05. The molecule has 2 bridgehead atoms. The standard InChI is InChI=1S/C20H20N2O5/c23-15(21-14(9-16(24)25)11-4-2-1-3-5-11)10-22-19(26)17-12-6-7-13(8-12)18(17)20(22)27/h1-7,12-14,17-18H,8-10H2,(H,21,23)(H,24,25). The van der Waals surface area contributed by atoms with E-state index in [1.807, 2.05) is 12.2 Å². The zero-order valence-electron chi connectivity index (χ0n) is 14.6. The van der Waals surface area contributed by atoms with Crippen LogP contribution in [-0.4, -0.2) is 40.2 Å². The van der Waals surface area contributed by atoms with Gasteiger partial charge in [-0.05, 0) is 23.8 Å². The smallest absolute Gasteiger partial charge is 0.305 e. The van der Waals surface area contributed by atoms with E-state index in [9.17, 15) is 19.2 Å². The van der Waals surface area contributed by atoms with E-state index in [-0.39, 0.29) is 48.5 Å². The largest absolute Gasteiger partial charge is 0.481 e. The Morgan fingerprint density at radius 3 is 2.22 bits per heavy atom. The molecule has 0 aromatic heterocycles. The van der Waals surface area contributed by atoms with Crippen LogP contribution in [0.4, 0.5) is 0 Å². The van der Waals surface area contributed by atoms with E-state index in [0.717, 1.165) is 11.3 Å². The van der Waals surface area contributed by atoms with Gasteiger partial charge in [0, 0.05) is 0 Å². The van der Waals surface area contributed by atoms with E-state index in [1.165, 1.54) is 0 Å². The number of carbonyl (C=O) groups is 4. The summed E-state index contributed by atoms with van der Waals surface area (Å²) in [5.74, 6) is -2.66. The Bertz CT molecular complexity index is 804. The molecule has 5 unspecified atom stereocenters. The van der Waals surface area contributed by atoms with Crippen molar-refractivity contribution in [3.63, 3.8) is 0 Å². The molecule has 1 saturated heterocycles. The molecule has 7 nitrogen and oxygen atoms in total. The second-order valence-electron chi connectivity index (χ2n) is 7.39. The first-order valence-corrected chi connectivity index (χ1v) is 9.05. The highest BCUT2D eigenvalue weighted by atomic mass is 16.4. The molecule has 0 radical (unpaired) electrons. The third kappa shape index (κ3) is 3.03. The van der Waals surface area contributed by atoms with Crippen LogP contribution >= 0.6 is 0 Å². The molecule has 5 atom stereocenters. The van der Waals surface area contributed by atoms with Crippen molar-refractivity contribution in [3.8, 4) is 0 Å². The number of amides is 3. The fourth-order valence-corrected chi connectivity index (χ4v) is 4.62. The van der Waals surface area contributed by atoms with E-state index in [2.05, 4.69) is 5.32 Å². The van der Waals surface area contributed by atoms with Gasteiger partial charge in [0.1, 0.15) is 6.54 Å². The van der Waals surface area contributed by atoms with Gasteiger partial charge < -0.3 is 10.4 Å². The number of carboxylic acid groups (broad SMARTS) is 1. The molecule has 1 aromatic rings. The maximum Gasteiger partial charge on any atom is 0.305 e. The van der Waals surface area contributed by atoms with E-state index in [1.54, 1.807) is 30.3 Å². The number of fused-ring (bicyclic) bond motifs is 5. The van der Waals surface area contributed by atoms with E-state index >= 15 is 0 Å². The Balaban J connectivity index is 1.45. The van der Waals surface area contributed by atoms with Crippen LogP contribution in [-0.2, 0) is 19.2 Å². The number of rotatable bonds is 6. The summed E-state index contributed by atoms with van der Waals surface area (Å²) in [6, 6.07) is 8.05. The monoisotopic (exact) mass is 368 g/mol. The quantitative estimate of drug-likeness (QED) is 0.579. The molecule has 4 rings (SSSR count). The number of likely N-dealkylation sites (tertiary alicyclic amines) is 1. The first kappa shape index (κ1) is 17.5. The van der Waals surface area contributed by atoms with Crippen LogP contribution in [0.1, 0.15) is 24.4 Å². The number of hydrogen-bond acceptors (Lipinski definition) is 4. The van der Waals surface area contributed by atoms with Gasteiger partial charge in [-0.1, -0.05) is 42.5 Å². The highest BCUT2D eigenvalue weighted by molar-refractivity contribution is 6.08. The molecule has 1 saturated carbocycles. The second-order valence-corrected chi connectivity index (χ2v) is 7.39. The number of allylic oxidation sites excluding steroid dienone is 2. The van der Waals surface area contributed by atoms with Gasteiger partial charge in [0.2, 0.25) is 17.7 Å². The van der Waals surface area contributed by atoms with Crippen molar-refractivity contribution in [3.05, 3.63) is 48.0 Å². The number of hydrogen-bond donors (Lipinski definition) is 2. The molecule has 1 heterocycles. The van der Waals surface area contributed by atoms with Crippen molar-refractivity contribution in [2.75, 3.05) is 6.54 Å². The third-order valence-electron chi connectivity index (χ3n) is 5.78. The van der Waals surface area contributed by atoms with Gasteiger partial charge in [-0.25, -0.2) is 0 Å². The van der Waals surface area contributed by atoms with Crippen LogP contribution in [0, 0.1) is 23.7 Å². The Kier molecular flexibility index (Phi) is 4.30. The van der Waals surface area contributed by atoms with Gasteiger partial charge >= 0.3 is 5.97 Å². The first-order chi connectivity index (χ1) is 13.0. The number of nitrogens with one attached hydrogen (secondary N) is 1. The number of benzene rings is 1. The van der Waals surface area contributed by atoms with Gasteiger partial charge in [-0.2, -0.15) is 0 Å². The highest BCUT2D eigenvalue weighted by Gasteiger charge is 2.59. The number of carbonyl (C=O) groups excluding carboxylic acids is 3. The Morgan fingerprint density at radius 2 is 1.67 bits per heavy atom. The number of carboxylic acids is 1. The molecule has 140 valence electrons. The fourth-order valence-electron chi connectivity index (χ4n) is 4.62. The number of imide groups is 1. The molecule has 3 aliphatic rings. The Labute approximate surface area is 156 Å². The normalized spacial score (nSPS) is 29.1. The van der Waals surface area contributed by atoms with E-state index < -0.39 is 17.9 Å². The lowest BCUT2D eigenvalue weighted by molar-refractivity contribution is -0.145. The average Bonchev–Trinajstić information content (AvgIpc) is 3.32. The molecule has 2 N–H and O–H groups in total. The molecule has 1 aliphatic heterocycles. The molecular weight excluding hydrogens is 348 g/mol. The number of nitrogens with zero attached hydrogens (tertiary/aromatic N) is 1. The summed E-state index contributed by atoms with van der Waals surface area (Å²) in [6.07, 6.45) is 4.55. The molecular formula is C20H20N2O5. The van der Waals surface area contributed by atoms with E-state index in [0.29, 0.717) is 5.56 Å². The van der Waals surface area contributed by atoms with Crippen LogP contribution in [0.3, 0.4) is 0 Å². The molecule has 2 fully saturated rings. The SMILES string of the molecule is O=C(O)CC(NC(=O)CN1C(=O)C2C3C=CC(C3)C2C1=O)c1ccccc1. The summed E-state index contributed by atoms with van der Waals surface area (Å²) >= 11 is 0. The Hall–Kier alpha value is -2.96. The zero-order chi connectivity index (χ0) is 19.1. The van der Waals surface area contributed by atoms with Gasteiger partial charge in [0.15, 0.2) is 0 Å². The van der Waals surface area contributed by atoms with Gasteiger partial charge in [0.25, 0.3) is 0 Å². The summed E-state index contributed by atoms with van der Waals surface area (Å²) < 4.78 is 0. The van der Waals surface area contributed by atoms with Crippen molar-refractivity contribution in [1.82, 2.24) is 10.2 Å². The predicted octanol–water partition coefficient (Wildman–Crippen LogP) is 1.13.